The number of benzene rings is 1. The molecule has 4 rings (SSSR count). The fraction of sp³-hybridized carbons (Fsp3) is 0.632. The van der Waals surface area contributed by atoms with Gasteiger partial charge in [0.1, 0.15) is 0 Å². The number of likely N-dealkylation sites (tertiary alicyclic amines) is 2. The Bertz CT molecular complexity index is 543. The number of aryl methyl sites for hydroxylation is 2. The van der Waals surface area contributed by atoms with Gasteiger partial charge in [-0.05, 0) is 62.7 Å². The number of hydrogen-bond acceptors (Lipinski definition) is 2. The van der Waals surface area contributed by atoms with Crippen molar-refractivity contribution in [3.63, 3.8) is 0 Å². The van der Waals surface area contributed by atoms with Crippen LogP contribution in [-0.2, 0) is 17.6 Å². The molecule has 0 N–H and O–H groups in total. The molecule has 0 unspecified atom stereocenters. The summed E-state index contributed by atoms with van der Waals surface area (Å²) in [6.07, 6.45) is 5.44. The normalized spacial score (nSPS) is 29.2. The van der Waals surface area contributed by atoms with Crippen molar-refractivity contribution in [3.05, 3.63) is 35.4 Å². The molecule has 2 fully saturated rings. The number of likely N-dealkylation sites (N-methyl/N-ethyl adjacent to an activating group) is 1. The molecule has 1 aromatic carbocycles. The van der Waals surface area contributed by atoms with Gasteiger partial charge in [0.25, 0.3) is 0 Å². The SMILES string of the molecule is CN1CC[C@@H]2CN(C(=O)C3CCc4ccccc4CC3)C[C@@H]21. The lowest BCUT2D eigenvalue weighted by atomic mass is 9.98. The van der Waals surface area contributed by atoms with E-state index in [1.54, 1.807) is 0 Å². The van der Waals surface area contributed by atoms with E-state index in [-0.39, 0.29) is 5.92 Å². The van der Waals surface area contributed by atoms with Crippen LogP contribution in [0.15, 0.2) is 24.3 Å². The number of rotatable bonds is 1. The number of hydrogen-bond donors (Lipinski definition) is 0. The number of amides is 1. The number of fused-ring (bicyclic) bond motifs is 2. The third-order valence-corrected chi connectivity index (χ3v) is 6.13. The average molecular weight is 298 g/mol. The number of carbonyl (C=O) groups excluding carboxylic acids is 1. The Balaban J connectivity index is 1.42. The van der Waals surface area contributed by atoms with Gasteiger partial charge in [-0.25, -0.2) is 0 Å². The summed E-state index contributed by atoms with van der Waals surface area (Å²) in [7, 11) is 2.21. The van der Waals surface area contributed by atoms with Gasteiger partial charge < -0.3 is 9.80 Å². The Morgan fingerprint density at radius 1 is 1.05 bits per heavy atom. The minimum atomic E-state index is 0.233. The van der Waals surface area contributed by atoms with E-state index in [0.29, 0.717) is 11.9 Å². The first-order chi connectivity index (χ1) is 10.7. The van der Waals surface area contributed by atoms with Crippen molar-refractivity contribution in [1.82, 2.24) is 9.80 Å². The second-order valence-electron chi connectivity index (χ2n) is 7.38. The minimum Gasteiger partial charge on any atom is -0.341 e. The summed E-state index contributed by atoms with van der Waals surface area (Å²) >= 11 is 0. The average Bonchev–Trinajstić information content (AvgIpc) is 3.02. The zero-order valence-corrected chi connectivity index (χ0v) is 13.5. The summed E-state index contributed by atoms with van der Waals surface area (Å²) in [6.45, 7) is 3.16. The summed E-state index contributed by atoms with van der Waals surface area (Å²) in [4.78, 5) is 17.6. The Kier molecular flexibility index (Phi) is 3.69. The summed E-state index contributed by atoms with van der Waals surface area (Å²) < 4.78 is 0. The molecule has 3 heteroatoms. The second-order valence-corrected chi connectivity index (χ2v) is 7.38. The van der Waals surface area contributed by atoms with Crippen molar-refractivity contribution in [2.45, 2.75) is 38.1 Å². The van der Waals surface area contributed by atoms with Crippen molar-refractivity contribution in [2.24, 2.45) is 11.8 Å². The van der Waals surface area contributed by atoms with Gasteiger partial charge in [-0.15, -0.1) is 0 Å². The molecule has 118 valence electrons. The molecule has 2 heterocycles. The number of carbonyl (C=O) groups is 1. The minimum absolute atomic E-state index is 0.233. The Hall–Kier alpha value is -1.35. The second kappa shape index (κ2) is 5.69. The monoisotopic (exact) mass is 298 g/mol. The van der Waals surface area contributed by atoms with Crippen molar-refractivity contribution in [2.75, 3.05) is 26.7 Å². The van der Waals surface area contributed by atoms with Gasteiger partial charge in [-0.2, -0.15) is 0 Å². The third kappa shape index (κ3) is 2.45. The molecular weight excluding hydrogens is 272 g/mol. The van der Waals surface area contributed by atoms with E-state index < -0.39 is 0 Å². The first kappa shape index (κ1) is 14.3. The molecule has 0 radical (unpaired) electrons. The van der Waals surface area contributed by atoms with Crippen LogP contribution in [0.2, 0.25) is 0 Å². The van der Waals surface area contributed by atoms with Crippen LogP contribution in [0.25, 0.3) is 0 Å². The highest BCUT2D eigenvalue weighted by Gasteiger charge is 2.42. The zero-order chi connectivity index (χ0) is 15.1. The van der Waals surface area contributed by atoms with Crippen LogP contribution in [0, 0.1) is 11.8 Å². The highest BCUT2D eigenvalue weighted by molar-refractivity contribution is 5.79. The first-order valence-corrected chi connectivity index (χ1v) is 8.78. The molecule has 22 heavy (non-hydrogen) atoms. The van der Waals surface area contributed by atoms with E-state index in [0.717, 1.165) is 44.7 Å². The van der Waals surface area contributed by atoms with Crippen molar-refractivity contribution in [3.8, 4) is 0 Å². The van der Waals surface area contributed by atoms with Crippen LogP contribution in [0.1, 0.15) is 30.4 Å². The van der Waals surface area contributed by atoms with Gasteiger partial charge in [-0.1, -0.05) is 24.3 Å². The first-order valence-electron chi connectivity index (χ1n) is 8.78. The maximum atomic E-state index is 12.9. The van der Waals surface area contributed by atoms with Gasteiger partial charge >= 0.3 is 0 Å². The van der Waals surface area contributed by atoms with Crippen LogP contribution in [0.5, 0.6) is 0 Å². The molecule has 2 aliphatic heterocycles. The predicted molar refractivity (Wildman–Crippen MR) is 87.7 cm³/mol. The highest BCUT2D eigenvalue weighted by atomic mass is 16.2. The summed E-state index contributed by atoms with van der Waals surface area (Å²) in [5.41, 5.74) is 2.91. The molecule has 1 aromatic rings. The van der Waals surface area contributed by atoms with E-state index >= 15 is 0 Å². The summed E-state index contributed by atoms with van der Waals surface area (Å²) in [5.74, 6) is 1.38. The van der Waals surface area contributed by atoms with E-state index in [1.807, 2.05) is 0 Å². The molecule has 1 amide bonds. The van der Waals surface area contributed by atoms with E-state index in [2.05, 4.69) is 41.1 Å². The summed E-state index contributed by atoms with van der Waals surface area (Å²) in [6, 6.07) is 9.33. The third-order valence-electron chi connectivity index (χ3n) is 6.13. The molecule has 3 nitrogen and oxygen atoms in total. The standard InChI is InChI=1S/C19H26N2O/c1-20-11-10-17-12-21(13-18(17)20)19(22)16-8-6-14-4-2-3-5-15(14)7-9-16/h2-5,16-18H,6-13H2,1H3/t17-,18+/m1/s1. The summed E-state index contributed by atoms with van der Waals surface area (Å²) in [5, 5.41) is 0. The Morgan fingerprint density at radius 2 is 1.73 bits per heavy atom. The van der Waals surface area contributed by atoms with Crippen LogP contribution < -0.4 is 0 Å². The molecule has 2 saturated heterocycles. The molecular formula is C19H26N2O. The Morgan fingerprint density at radius 3 is 2.36 bits per heavy atom. The quantitative estimate of drug-likeness (QED) is 0.743. The largest absolute Gasteiger partial charge is 0.341 e. The lowest BCUT2D eigenvalue weighted by molar-refractivity contribution is -0.135. The highest BCUT2D eigenvalue weighted by Crippen LogP contribution is 2.33. The maximum absolute atomic E-state index is 12.9. The molecule has 0 saturated carbocycles. The van der Waals surface area contributed by atoms with Crippen molar-refractivity contribution < 1.29 is 4.79 Å². The zero-order valence-electron chi connectivity index (χ0n) is 13.5. The van der Waals surface area contributed by atoms with Crippen molar-refractivity contribution in [1.29, 1.82) is 0 Å². The lowest BCUT2D eigenvalue weighted by Crippen LogP contribution is -2.38. The van der Waals surface area contributed by atoms with Gasteiger partial charge in [0.05, 0.1) is 0 Å². The molecule has 0 spiro atoms. The molecule has 0 bridgehead atoms. The van der Waals surface area contributed by atoms with Gasteiger partial charge in [-0.3, -0.25) is 4.79 Å². The maximum Gasteiger partial charge on any atom is 0.225 e. The van der Waals surface area contributed by atoms with E-state index in [4.69, 9.17) is 0 Å². The molecule has 3 aliphatic rings. The van der Waals surface area contributed by atoms with Crippen LogP contribution in [-0.4, -0.2) is 48.4 Å². The van der Waals surface area contributed by atoms with Gasteiger partial charge in [0.15, 0.2) is 0 Å². The van der Waals surface area contributed by atoms with E-state index in [1.165, 1.54) is 24.1 Å². The molecule has 0 aromatic heterocycles. The van der Waals surface area contributed by atoms with Crippen LogP contribution in [0.3, 0.4) is 0 Å². The fourth-order valence-electron chi connectivity index (χ4n) is 4.71. The number of nitrogens with zero attached hydrogens (tertiary/aromatic N) is 2. The molecule has 2 atom stereocenters. The van der Waals surface area contributed by atoms with E-state index in [9.17, 15) is 4.79 Å². The van der Waals surface area contributed by atoms with Gasteiger partial charge in [0.2, 0.25) is 5.91 Å². The topological polar surface area (TPSA) is 23.6 Å². The Labute approximate surface area is 133 Å². The van der Waals surface area contributed by atoms with Crippen LogP contribution in [0.4, 0.5) is 0 Å². The fourth-order valence-corrected chi connectivity index (χ4v) is 4.71. The van der Waals surface area contributed by atoms with Gasteiger partial charge in [0, 0.05) is 25.0 Å². The van der Waals surface area contributed by atoms with Crippen molar-refractivity contribution >= 4 is 5.91 Å². The predicted octanol–water partition coefficient (Wildman–Crippen LogP) is 2.34. The van der Waals surface area contributed by atoms with Crippen LogP contribution >= 0.6 is 0 Å². The molecule has 1 aliphatic carbocycles. The lowest BCUT2D eigenvalue weighted by Gasteiger charge is -2.24. The smallest absolute Gasteiger partial charge is 0.225 e.